The number of fused-ring (bicyclic) bond motifs is 1. The average molecular weight is 499 g/mol. The Morgan fingerprint density at radius 1 is 1.21 bits per heavy atom. The van der Waals surface area contributed by atoms with E-state index < -0.39 is 0 Å². The molecule has 0 spiro atoms. The van der Waals surface area contributed by atoms with Crippen LogP contribution in [0.4, 0.5) is 10.2 Å². The van der Waals surface area contributed by atoms with E-state index in [0.29, 0.717) is 40.4 Å². The number of amides is 1. The average Bonchev–Trinajstić information content (AvgIpc) is 3.10. The predicted molar refractivity (Wildman–Crippen MR) is 136 cm³/mol. The molecule has 1 saturated heterocycles. The maximum atomic E-state index is 13.3. The van der Waals surface area contributed by atoms with E-state index in [-0.39, 0.29) is 29.4 Å². The molecule has 0 radical (unpaired) electrons. The molecule has 3 aromatic rings. The van der Waals surface area contributed by atoms with Crippen LogP contribution in [0.15, 0.2) is 58.4 Å². The summed E-state index contributed by atoms with van der Waals surface area (Å²) < 4.78 is 20.4. The number of rotatable bonds is 9. The second kappa shape index (κ2) is 10.9. The number of nitrogens with zero attached hydrogens (tertiary/aromatic N) is 3. The Hall–Kier alpha value is -3.08. The van der Waals surface area contributed by atoms with E-state index in [1.807, 2.05) is 6.92 Å². The van der Waals surface area contributed by atoms with Crippen LogP contribution in [0.1, 0.15) is 24.5 Å². The van der Waals surface area contributed by atoms with Crippen LogP contribution in [0, 0.1) is 5.82 Å². The van der Waals surface area contributed by atoms with E-state index in [4.69, 9.17) is 17.0 Å². The Morgan fingerprint density at radius 2 is 2.00 bits per heavy atom. The third kappa shape index (κ3) is 5.35. The fraction of sp³-hybridized carbons (Fsp3) is 0.250. The summed E-state index contributed by atoms with van der Waals surface area (Å²) in [6, 6.07) is 11.2. The maximum Gasteiger partial charge on any atom is 0.267 e. The summed E-state index contributed by atoms with van der Waals surface area (Å²) >= 11 is 6.54. The number of pyridine rings is 1. The van der Waals surface area contributed by atoms with E-state index in [9.17, 15) is 14.0 Å². The van der Waals surface area contributed by atoms with E-state index in [1.54, 1.807) is 42.6 Å². The number of hydrogen-bond donors (Lipinski definition) is 1. The molecule has 34 heavy (non-hydrogen) atoms. The molecule has 1 amide bonds. The molecule has 10 heteroatoms. The Kier molecular flexibility index (Phi) is 7.71. The van der Waals surface area contributed by atoms with E-state index in [2.05, 4.69) is 10.3 Å². The molecule has 7 nitrogen and oxygen atoms in total. The maximum absolute atomic E-state index is 13.3. The molecule has 1 fully saturated rings. The Bertz CT molecular complexity index is 1310. The number of aromatic nitrogens is 2. The number of thioether (sulfide) groups is 1. The van der Waals surface area contributed by atoms with Crippen molar-refractivity contribution in [1.29, 1.82) is 0 Å². The molecule has 3 heterocycles. The van der Waals surface area contributed by atoms with Crippen LogP contribution in [-0.2, 0) is 16.1 Å². The van der Waals surface area contributed by atoms with Crippen LogP contribution in [-0.4, -0.2) is 44.3 Å². The zero-order valence-electron chi connectivity index (χ0n) is 18.5. The van der Waals surface area contributed by atoms with E-state index in [0.717, 1.165) is 23.7 Å². The zero-order chi connectivity index (χ0) is 24.1. The van der Waals surface area contributed by atoms with Gasteiger partial charge in [-0.2, -0.15) is 0 Å². The van der Waals surface area contributed by atoms with E-state index in [1.165, 1.54) is 21.4 Å². The van der Waals surface area contributed by atoms with Crippen molar-refractivity contribution in [3.8, 4) is 0 Å². The van der Waals surface area contributed by atoms with Gasteiger partial charge in [0.15, 0.2) is 0 Å². The molecule has 0 unspecified atom stereocenters. The van der Waals surface area contributed by atoms with Gasteiger partial charge in [-0.25, -0.2) is 9.37 Å². The quantitative estimate of drug-likeness (QED) is 0.271. The minimum atomic E-state index is -0.348. The number of ether oxygens (including phenoxy) is 1. The number of hydrogen-bond acceptors (Lipinski definition) is 7. The highest BCUT2D eigenvalue weighted by Gasteiger charge is 2.32. The third-order valence-corrected chi connectivity index (χ3v) is 6.51. The first-order valence-corrected chi connectivity index (χ1v) is 12.0. The highest BCUT2D eigenvalue weighted by molar-refractivity contribution is 8.26. The van der Waals surface area contributed by atoms with Crippen LogP contribution in [0.5, 0.6) is 0 Å². The zero-order valence-corrected chi connectivity index (χ0v) is 20.1. The van der Waals surface area contributed by atoms with Crippen molar-refractivity contribution >= 4 is 51.7 Å². The minimum Gasteiger partial charge on any atom is -0.382 e. The fourth-order valence-electron chi connectivity index (χ4n) is 3.43. The monoisotopic (exact) mass is 498 g/mol. The van der Waals surface area contributed by atoms with Crippen molar-refractivity contribution in [3.05, 3.63) is 80.9 Å². The minimum absolute atomic E-state index is 0.222. The number of benzene rings is 1. The van der Waals surface area contributed by atoms with Crippen molar-refractivity contribution in [3.63, 3.8) is 0 Å². The molecule has 1 aromatic carbocycles. The molecule has 0 saturated carbocycles. The Morgan fingerprint density at radius 3 is 2.76 bits per heavy atom. The molecule has 1 aliphatic heterocycles. The van der Waals surface area contributed by atoms with Crippen molar-refractivity contribution in [2.45, 2.75) is 19.9 Å². The summed E-state index contributed by atoms with van der Waals surface area (Å²) in [5, 5.41) is 3.21. The van der Waals surface area contributed by atoms with Gasteiger partial charge in [-0.3, -0.25) is 18.9 Å². The Balaban J connectivity index is 1.64. The lowest BCUT2D eigenvalue weighted by atomic mass is 10.2. The lowest BCUT2D eigenvalue weighted by molar-refractivity contribution is -0.122. The van der Waals surface area contributed by atoms with Crippen molar-refractivity contribution in [1.82, 2.24) is 14.3 Å². The van der Waals surface area contributed by atoms with E-state index >= 15 is 0 Å². The summed E-state index contributed by atoms with van der Waals surface area (Å²) in [4.78, 5) is 32.8. The predicted octanol–water partition coefficient (Wildman–Crippen LogP) is 4.07. The largest absolute Gasteiger partial charge is 0.382 e. The number of carbonyl (C=O) groups is 1. The number of nitrogens with one attached hydrogen (secondary N) is 1. The van der Waals surface area contributed by atoms with Gasteiger partial charge in [0.2, 0.25) is 0 Å². The van der Waals surface area contributed by atoms with Crippen molar-refractivity contribution in [2.75, 3.05) is 25.1 Å². The molecule has 1 N–H and O–H groups in total. The smallest absolute Gasteiger partial charge is 0.267 e. The summed E-state index contributed by atoms with van der Waals surface area (Å²) in [5.74, 6) is -0.254. The summed E-state index contributed by atoms with van der Waals surface area (Å²) in [5.41, 5.74) is 1.24. The van der Waals surface area contributed by atoms with Crippen LogP contribution in [0.3, 0.4) is 0 Å². The van der Waals surface area contributed by atoms with Gasteiger partial charge in [-0.1, -0.05) is 42.2 Å². The second-order valence-corrected chi connectivity index (χ2v) is 9.16. The number of thiocarbonyl (C=S) groups is 1. The van der Waals surface area contributed by atoms with Crippen molar-refractivity contribution in [2.24, 2.45) is 0 Å². The number of anilines is 1. The van der Waals surface area contributed by atoms with Gasteiger partial charge in [0.05, 0.1) is 17.0 Å². The summed E-state index contributed by atoms with van der Waals surface area (Å²) in [6.07, 6.45) is 3.92. The lowest BCUT2D eigenvalue weighted by Gasteiger charge is -2.14. The van der Waals surface area contributed by atoms with Crippen molar-refractivity contribution < 1.29 is 13.9 Å². The molecular weight excluding hydrogens is 475 g/mol. The molecule has 4 rings (SSSR count). The Labute approximate surface area is 205 Å². The van der Waals surface area contributed by atoms with Crippen LogP contribution in [0.25, 0.3) is 11.7 Å². The first-order valence-electron chi connectivity index (χ1n) is 10.8. The topological polar surface area (TPSA) is 75.9 Å². The number of halogens is 1. The standard InChI is InChI=1S/C24H23FN4O3S2/c1-2-32-13-5-11-26-21-18(22(30)28-12-4-3-6-20(28)27-21)14-19-23(31)29(24(33)34-19)15-16-7-9-17(25)10-8-16/h3-4,6-10,12,14,26H,2,5,11,13,15H2,1H3/b19-14-. The van der Waals surface area contributed by atoms with Gasteiger partial charge in [-0.05, 0) is 49.2 Å². The summed E-state index contributed by atoms with van der Waals surface area (Å²) in [6.45, 7) is 3.94. The normalized spacial score (nSPS) is 15.0. The highest BCUT2D eigenvalue weighted by Crippen LogP contribution is 2.34. The molecule has 2 aromatic heterocycles. The van der Waals surface area contributed by atoms with Crippen LogP contribution >= 0.6 is 24.0 Å². The van der Waals surface area contributed by atoms with Crippen LogP contribution < -0.4 is 10.9 Å². The van der Waals surface area contributed by atoms with Gasteiger partial charge in [0, 0.05) is 26.0 Å². The molecule has 176 valence electrons. The van der Waals surface area contributed by atoms with Gasteiger partial charge in [0.25, 0.3) is 11.5 Å². The summed E-state index contributed by atoms with van der Waals surface area (Å²) in [7, 11) is 0. The lowest BCUT2D eigenvalue weighted by Crippen LogP contribution is -2.27. The molecule has 0 atom stereocenters. The number of carbonyl (C=O) groups excluding carboxylic acids is 1. The van der Waals surface area contributed by atoms with Gasteiger partial charge in [-0.15, -0.1) is 0 Å². The molecule has 0 bridgehead atoms. The third-order valence-electron chi connectivity index (χ3n) is 5.13. The molecule has 0 aliphatic carbocycles. The second-order valence-electron chi connectivity index (χ2n) is 7.48. The molecule has 1 aliphatic rings. The van der Waals surface area contributed by atoms with Crippen LogP contribution in [0.2, 0.25) is 0 Å². The fourth-order valence-corrected chi connectivity index (χ4v) is 4.67. The first kappa shape index (κ1) is 24.1. The molecular formula is C24H23FN4O3S2. The van der Waals surface area contributed by atoms with Gasteiger partial charge < -0.3 is 10.1 Å². The SMILES string of the molecule is CCOCCCNc1nc2ccccn2c(=O)c1/C=C1\SC(=S)N(Cc2ccc(F)cc2)C1=O. The van der Waals surface area contributed by atoms with Gasteiger partial charge >= 0.3 is 0 Å². The van der Waals surface area contributed by atoms with Gasteiger partial charge in [0.1, 0.15) is 21.6 Å². The highest BCUT2D eigenvalue weighted by atomic mass is 32.2. The first-order chi connectivity index (χ1) is 16.5.